The minimum atomic E-state index is -3.20. The fourth-order valence-corrected chi connectivity index (χ4v) is 1.88. The van der Waals surface area contributed by atoms with Crippen molar-refractivity contribution in [1.29, 1.82) is 0 Å². The van der Waals surface area contributed by atoms with Gasteiger partial charge in [0.15, 0.2) is 0 Å². The van der Waals surface area contributed by atoms with E-state index in [0.29, 0.717) is 13.0 Å². The van der Waals surface area contributed by atoms with Crippen LogP contribution in [0.15, 0.2) is 0 Å². The van der Waals surface area contributed by atoms with Crippen LogP contribution in [0.5, 0.6) is 0 Å². The number of hydrogen-bond donors (Lipinski definition) is 1. The van der Waals surface area contributed by atoms with E-state index in [1.165, 1.54) is 0 Å². The molecule has 9 nitrogen and oxygen atoms in total. The molecule has 0 aliphatic heterocycles. The highest BCUT2D eigenvalue weighted by Crippen LogP contribution is 2.15. The smallest absolute Gasteiger partial charge is 0.463 e. The van der Waals surface area contributed by atoms with E-state index in [1.54, 1.807) is 0 Å². The highest BCUT2D eigenvalue weighted by atomic mass is 31.1. The molecule has 0 bridgehead atoms. The monoisotopic (exact) mass is 329 g/mol. The molecule has 0 aliphatic rings. The normalized spacial score (nSPS) is 11.8. The first kappa shape index (κ1) is 19.1. The third-order valence-electron chi connectivity index (χ3n) is 2.12. The maximum atomic E-state index is 11.3. The summed E-state index contributed by atoms with van der Waals surface area (Å²) in [6.07, 6.45) is 1.20. The molecule has 0 aliphatic carbocycles. The lowest BCUT2D eigenvalue weighted by molar-refractivity contribution is -0.146. The van der Waals surface area contributed by atoms with Crippen LogP contribution >= 0.6 is 15.8 Å². The zero-order valence-corrected chi connectivity index (χ0v) is 12.6. The summed E-state index contributed by atoms with van der Waals surface area (Å²) >= 11 is 0. The minimum Gasteiger partial charge on any atom is -0.463 e. The Morgan fingerprint density at radius 3 is 2.25 bits per heavy atom. The van der Waals surface area contributed by atoms with E-state index in [-0.39, 0.29) is 6.42 Å². The Kier molecular flexibility index (Phi) is 11.4. The molecule has 0 aromatic carbocycles. The Morgan fingerprint density at radius 2 is 1.70 bits per heavy atom. The van der Waals surface area contributed by atoms with Gasteiger partial charge in [-0.3, -0.25) is 13.8 Å². The van der Waals surface area contributed by atoms with Crippen molar-refractivity contribution in [1.82, 2.24) is 0 Å². The van der Waals surface area contributed by atoms with Crippen LogP contribution in [0.1, 0.15) is 25.7 Å². The molecule has 0 amide bonds. The minimum absolute atomic E-state index is 0.174. The molecular weight excluding hydrogens is 312 g/mol. The van der Waals surface area contributed by atoms with Crippen molar-refractivity contribution >= 4 is 21.8 Å². The van der Waals surface area contributed by atoms with Crippen LogP contribution in [0, 0.1) is 0 Å². The summed E-state index contributed by atoms with van der Waals surface area (Å²) < 4.78 is 54.6. The Labute approximate surface area is 116 Å². The third-order valence-corrected chi connectivity index (χ3v) is 2.95. The second-order valence-electron chi connectivity index (χ2n) is 3.75. The first-order valence-electron chi connectivity index (χ1n) is 5.90. The van der Waals surface area contributed by atoms with Crippen molar-refractivity contribution in [3.8, 4) is 0 Å². The van der Waals surface area contributed by atoms with Crippen LogP contribution in [0.25, 0.3) is 0 Å². The Balaban J connectivity index is 4.00. The van der Waals surface area contributed by atoms with Crippen molar-refractivity contribution < 1.29 is 36.8 Å². The molecule has 0 heterocycles. The Bertz CT molecular complexity index is 404. The topological polar surface area (TPSA) is 139 Å². The van der Waals surface area contributed by atoms with Gasteiger partial charge in [-0.25, -0.2) is 18.3 Å². The molecule has 0 fully saturated rings. The highest BCUT2D eigenvalue weighted by molar-refractivity contribution is 7.25. The van der Waals surface area contributed by atoms with E-state index >= 15 is 0 Å². The average Bonchev–Trinajstić information content (AvgIpc) is 2.37. The van der Waals surface area contributed by atoms with Crippen LogP contribution in [0.4, 0.5) is 0 Å². The van der Waals surface area contributed by atoms with E-state index in [2.05, 4.69) is 9.05 Å². The zero-order valence-electron chi connectivity index (χ0n) is 10.8. The molecule has 116 valence electrons. The van der Waals surface area contributed by atoms with Gasteiger partial charge in [0.05, 0.1) is 6.61 Å². The lowest BCUT2D eigenvalue weighted by Gasteiger charge is -2.11. The maximum absolute atomic E-state index is 11.3. The summed E-state index contributed by atoms with van der Waals surface area (Å²) in [4.78, 5) is 11.3. The second-order valence-corrected chi connectivity index (χ2v) is 5.12. The number of hydrogen-bond acceptors (Lipinski definition) is 9. The highest BCUT2D eigenvalue weighted by Gasteiger charge is 2.16. The molecule has 0 rings (SSSR count). The third kappa shape index (κ3) is 12.2. The van der Waals surface area contributed by atoms with Crippen LogP contribution in [0.2, 0.25) is 0 Å². The summed E-state index contributed by atoms with van der Waals surface area (Å²) in [6.45, 7) is -0.392. The number of rotatable bonds is 12. The van der Waals surface area contributed by atoms with Gasteiger partial charge in [-0.15, -0.1) is 0 Å². The van der Waals surface area contributed by atoms with E-state index in [0.717, 1.165) is 12.8 Å². The van der Waals surface area contributed by atoms with Crippen LogP contribution in [-0.2, 0) is 36.8 Å². The van der Waals surface area contributed by atoms with Gasteiger partial charge in [-0.2, -0.15) is 0 Å². The first-order chi connectivity index (χ1) is 9.45. The molecule has 2 N–H and O–H groups in total. The lowest BCUT2D eigenvalue weighted by Crippen LogP contribution is -2.23. The molecule has 11 heteroatoms. The van der Waals surface area contributed by atoms with Crippen molar-refractivity contribution in [2.75, 3.05) is 19.8 Å². The molecule has 0 radical (unpaired) electrons. The van der Waals surface area contributed by atoms with Gasteiger partial charge in [0, 0.05) is 6.42 Å². The molecule has 0 saturated carbocycles. The van der Waals surface area contributed by atoms with Gasteiger partial charge in [0.2, 0.25) is 0 Å². The predicted octanol–water partition coefficient (Wildman–Crippen LogP) is 1.63. The van der Waals surface area contributed by atoms with Gasteiger partial charge >= 0.3 is 21.8 Å². The summed E-state index contributed by atoms with van der Waals surface area (Å²) in [6, 6.07) is 0. The predicted molar refractivity (Wildman–Crippen MR) is 65.9 cm³/mol. The fraction of sp³-hybridized carbons (Fsp3) is 0.889. The molecular formula is C9H17NO8P2. The molecule has 0 aromatic rings. The summed E-state index contributed by atoms with van der Waals surface area (Å²) in [5.74, 6) is -0.525. The van der Waals surface area contributed by atoms with Crippen molar-refractivity contribution in [2.24, 2.45) is 5.73 Å². The van der Waals surface area contributed by atoms with Crippen LogP contribution in [0.3, 0.4) is 0 Å². The largest absolute Gasteiger partial charge is 0.468 e. The molecule has 0 aromatic heterocycles. The summed E-state index contributed by atoms with van der Waals surface area (Å²) in [7, 11) is -6.33. The lowest BCUT2D eigenvalue weighted by atomic mass is 10.2. The Morgan fingerprint density at radius 1 is 1.00 bits per heavy atom. The quantitative estimate of drug-likeness (QED) is 0.321. The number of unbranched alkanes of at least 4 members (excludes halogenated alkanes) is 2. The standard InChI is InChI=1S/C9H17NO8P2/c10-5-3-1-2-4-9(11)16-6-8(18-20(14)15)7-17-19(12)13/h8H,1-7,10H2. The number of nitrogens with two attached hydrogens (primary N) is 1. The van der Waals surface area contributed by atoms with Gasteiger partial charge in [0.25, 0.3) is 0 Å². The van der Waals surface area contributed by atoms with E-state index in [9.17, 15) is 23.1 Å². The van der Waals surface area contributed by atoms with Gasteiger partial charge < -0.3 is 10.5 Å². The maximum Gasteiger partial charge on any atom is 0.468 e. The second kappa shape index (κ2) is 11.9. The number of carbonyl (C=O) groups is 1. The van der Waals surface area contributed by atoms with Gasteiger partial charge in [0.1, 0.15) is 12.7 Å². The zero-order chi connectivity index (χ0) is 15.4. The summed E-state index contributed by atoms with van der Waals surface area (Å²) in [5.41, 5.74) is 5.29. The van der Waals surface area contributed by atoms with Crippen LogP contribution in [-0.4, -0.2) is 31.8 Å². The molecule has 0 spiro atoms. The number of ether oxygens (including phenoxy) is 1. The fourth-order valence-electron chi connectivity index (χ4n) is 1.22. The first-order valence-corrected chi connectivity index (χ1v) is 8.09. The van der Waals surface area contributed by atoms with Gasteiger partial charge in [-0.05, 0) is 19.4 Å². The van der Waals surface area contributed by atoms with Crippen molar-refractivity contribution in [3.05, 3.63) is 0 Å². The summed E-state index contributed by atoms with van der Waals surface area (Å²) in [5, 5.41) is 0. The van der Waals surface area contributed by atoms with Gasteiger partial charge in [-0.1, -0.05) is 6.42 Å². The average molecular weight is 329 g/mol. The molecule has 1 unspecified atom stereocenters. The number of esters is 1. The van der Waals surface area contributed by atoms with Crippen molar-refractivity contribution in [3.63, 3.8) is 0 Å². The van der Waals surface area contributed by atoms with Crippen molar-refractivity contribution in [2.45, 2.75) is 31.8 Å². The molecule has 1 atom stereocenters. The molecule has 20 heavy (non-hydrogen) atoms. The van der Waals surface area contributed by atoms with Crippen LogP contribution < -0.4 is 5.73 Å². The Hall–Kier alpha value is -0.850. The van der Waals surface area contributed by atoms with E-state index in [4.69, 9.17) is 10.5 Å². The SMILES string of the molecule is NCCCCCC(=O)OCC(COP(=O)=O)OP(=O)=O. The number of carbonyl (C=O) groups excluding carboxylic acids is 1. The van der Waals surface area contributed by atoms with E-state index < -0.39 is 41.1 Å². The van der Waals surface area contributed by atoms with E-state index in [1.807, 2.05) is 0 Å². The molecule has 0 saturated heterocycles.